The summed E-state index contributed by atoms with van der Waals surface area (Å²) in [6.07, 6.45) is 0.846. The average molecular weight is 333 g/mol. The predicted molar refractivity (Wildman–Crippen MR) is 84.4 cm³/mol. The molecule has 0 radical (unpaired) electrons. The van der Waals surface area contributed by atoms with E-state index in [2.05, 4.69) is 10.1 Å². The fourth-order valence-electron chi connectivity index (χ4n) is 2.27. The summed E-state index contributed by atoms with van der Waals surface area (Å²) in [5.41, 5.74) is 0.804. The summed E-state index contributed by atoms with van der Waals surface area (Å²) in [5.74, 6) is -3.08. The third-order valence-corrected chi connectivity index (χ3v) is 3.48. The third kappa shape index (κ3) is 4.87. The number of amides is 1. The highest BCUT2D eigenvalue weighted by Crippen LogP contribution is 2.10. The van der Waals surface area contributed by atoms with Crippen LogP contribution in [0.25, 0.3) is 0 Å². The zero-order valence-corrected chi connectivity index (χ0v) is 13.1. The molecule has 0 saturated heterocycles. The first kappa shape index (κ1) is 17.6. The number of carbonyl (C=O) groups excluding carboxylic acids is 2. The number of carbonyl (C=O) groups is 2. The number of aryl methyl sites for hydroxylation is 1. The Morgan fingerprint density at radius 2 is 1.71 bits per heavy atom. The van der Waals surface area contributed by atoms with Crippen molar-refractivity contribution in [3.8, 4) is 0 Å². The van der Waals surface area contributed by atoms with Crippen molar-refractivity contribution in [1.29, 1.82) is 0 Å². The first-order valence-electron chi connectivity index (χ1n) is 7.38. The Kier molecular flexibility index (Phi) is 6.01. The van der Waals surface area contributed by atoms with Crippen molar-refractivity contribution in [2.75, 3.05) is 7.11 Å². The van der Waals surface area contributed by atoms with Gasteiger partial charge in [0.2, 0.25) is 0 Å². The molecule has 2 rings (SSSR count). The van der Waals surface area contributed by atoms with Crippen LogP contribution in [0, 0.1) is 11.6 Å². The van der Waals surface area contributed by atoms with E-state index < -0.39 is 29.6 Å². The highest BCUT2D eigenvalue weighted by molar-refractivity contribution is 5.96. The smallest absolute Gasteiger partial charge is 0.328 e. The van der Waals surface area contributed by atoms with Gasteiger partial charge in [0.05, 0.1) is 7.11 Å². The molecule has 0 aliphatic rings. The Hall–Kier alpha value is -2.76. The standard InChI is InChI=1S/C18H17F2NO3/c1-24-18(23)16(8-7-12-5-3-2-4-6-12)21-17(22)13-9-14(19)11-15(20)10-13/h2-6,9-11,16H,7-8H2,1H3,(H,21,22)/t16-/m0/s1. The van der Waals surface area contributed by atoms with Gasteiger partial charge in [0, 0.05) is 11.6 Å². The van der Waals surface area contributed by atoms with Gasteiger partial charge in [-0.2, -0.15) is 0 Å². The van der Waals surface area contributed by atoms with Crippen LogP contribution in [0.3, 0.4) is 0 Å². The van der Waals surface area contributed by atoms with Crippen molar-refractivity contribution < 1.29 is 23.1 Å². The Labute approximate surface area is 138 Å². The van der Waals surface area contributed by atoms with E-state index >= 15 is 0 Å². The number of nitrogens with one attached hydrogen (secondary N) is 1. The van der Waals surface area contributed by atoms with Crippen LogP contribution in [0.5, 0.6) is 0 Å². The minimum absolute atomic E-state index is 0.193. The topological polar surface area (TPSA) is 55.4 Å². The quantitative estimate of drug-likeness (QED) is 0.827. The van der Waals surface area contributed by atoms with Gasteiger partial charge >= 0.3 is 5.97 Å². The molecule has 0 bridgehead atoms. The zero-order chi connectivity index (χ0) is 17.5. The SMILES string of the molecule is COC(=O)[C@H](CCc1ccccc1)NC(=O)c1cc(F)cc(F)c1. The molecule has 1 atom stereocenters. The maximum atomic E-state index is 13.2. The summed E-state index contributed by atoms with van der Waals surface area (Å²) in [5, 5.41) is 2.46. The van der Waals surface area contributed by atoms with E-state index in [4.69, 9.17) is 0 Å². The van der Waals surface area contributed by atoms with Gasteiger partial charge in [0.1, 0.15) is 17.7 Å². The van der Waals surface area contributed by atoms with Crippen molar-refractivity contribution >= 4 is 11.9 Å². The van der Waals surface area contributed by atoms with E-state index in [0.29, 0.717) is 18.9 Å². The molecule has 0 aromatic heterocycles. The van der Waals surface area contributed by atoms with Crippen LogP contribution in [0.1, 0.15) is 22.3 Å². The molecular formula is C18H17F2NO3. The highest BCUT2D eigenvalue weighted by atomic mass is 19.1. The number of esters is 1. The van der Waals surface area contributed by atoms with Crippen molar-refractivity contribution in [3.63, 3.8) is 0 Å². The fraction of sp³-hybridized carbons (Fsp3) is 0.222. The third-order valence-electron chi connectivity index (χ3n) is 3.48. The van der Waals surface area contributed by atoms with Crippen molar-refractivity contribution in [2.24, 2.45) is 0 Å². The minimum Gasteiger partial charge on any atom is -0.467 e. The molecule has 6 heteroatoms. The molecule has 1 amide bonds. The van der Waals surface area contributed by atoms with E-state index in [-0.39, 0.29) is 5.56 Å². The van der Waals surface area contributed by atoms with Crippen LogP contribution in [0.2, 0.25) is 0 Å². The van der Waals surface area contributed by atoms with Crippen LogP contribution < -0.4 is 5.32 Å². The second kappa shape index (κ2) is 8.19. The number of ether oxygens (including phenoxy) is 1. The molecule has 0 aliphatic carbocycles. The van der Waals surface area contributed by atoms with Gasteiger partial charge in [0.25, 0.3) is 5.91 Å². The molecule has 4 nitrogen and oxygen atoms in total. The van der Waals surface area contributed by atoms with E-state index in [1.165, 1.54) is 7.11 Å². The van der Waals surface area contributed by atoms with Gasteiger partial charge in [-0.25, -0.2) is 13.6 Å². The number of halogens is 2. The molecular weight excluding hydrogens is 316 g/mol. The Balaban J connectivity index is 2.07. The Bertz CT molecular complexity index is 699. The summed E-state index contributed by atoms with van der Waals surface area (Å²) in [6, 6.07) is 11.0. The molecule has 2 aromatic carbocycles. The molecule has 24 heavy (non-hydrogen) atoms. The van der Waals surface area contributed by atoms with E-state index in [9.17, 15) is 18.4 Å². The fourth-order valence-corrected chi connectivity index (χ4v) is 2.27. The lowest BCUT2D eigenvalue weighted by atomic mass is 10.0. The molecule has 1 N–H and O–H groups in total. The predicted octanol–water partition coefficient (Wildman–Crippen LogP) is 2.87. The minimum atomic E-state index is -0.908. The van der Waals surface area contributed by atoms with Crippen molar-refractivity contribution in [2.45, 2.75) is 18.9 Å². The number of rotatable bonds is 6. The zero-order valence-electron chi connectivity index (χ0n) is 13.1. The monoisotopic (exact) mass is 333 g/mol. The summed E-state index contributed by atoms with van der Waals surface area (Å²) in [4.78, 5) is 24.0. The van der Waals surface area contributed by atoms with Gasteiger partial charge in [0.15, 0.2) is 0 Å². The lowest BCUT2D eigenvalue weighted by molar-refractivity contribution is -0.143. The largest absolute Gasteiger partial charge is 0.467 e. The number of hydrogen-bond donors (Lipinski definition) is 1. The lowest BCUT2D eigenvalue weighted by Gasteiger charge is -2.16. The number of hydrogen-bond acceptors (Lipinski definition) is 3. The van der Waals surface area contributed by atoms with Crippen molar-refractivity contribution in [3.05, 3.63) is 71.3 Å². The number of methoxy groups -OCH3 is 1. The van der Waals surface area contributed by atoms with E-state index in [1.54, 1.807) is 0 Å². The van der Waals surface area contributed by atoms with Gasteiger partial charge < -0.3 is 10.1 Å². The Morgan fingerprint density at radius 3 is 2.29 bits per heavy atom. The molecule has 126 valence electrons. The molecule has 2 aromatic rings. The van der Waals surface area contributed by atoms with E-state index in [1.807, 2.05) is 30.3 Å². The maximum absolute atomic E-state index is 13.2. The summed E-state index contributed by atoms with van der Waals surface area (Å²) >= 11 is 0. The first-order valence-corrected chi connectivity index (χ1v) is 7.38. The van der Waals surface area contributed by atoms with Gasteiger partial charge in [-0.05, 0) is 30.5 Å². The molecule has 0 saturated carbocycles. The van der Waals surface area contributed by atoms with E-state index in [0.717, 1.165) is 17.7 Å². The van der Waals surface area contributed by atoms with Gasteiger partial charge in [-0.3, -0.25) is 4.79 Å². The van der Waals surface area contributed by atoms with Crippen LogP contribution in [0.15, 0.2) is 48.5 Å². The average Bonchev–Trinajstić information content (AvgIpc) is 2.57. The molecule has 0 unspecified atom stereocenters. The lowest BCUT2D eigenvalue weighted by Crippen LogP contribution is -2.42. The summed E-state index contributed by atoms with van der Waals surface area (Å²) in [7, 11) is 1.21. The van der Waals surface area contributed by atoms with Gasteiger partial charge in [-0.1, -0.05) is 30.3 Å². The molecule has 0 aliphatic heterocycles. The Morgan fingerprint density at radius 1 is 1.08 bits per heavy atom. The van der Waals surface area contributed by atoms with Gasteiger partial charge in [-0.15, -0.1) is 0 Å². The van der Waals surface area contributed by atoms with Crippen LogP contribution in [-0.4, -0.2) is 25.0 Å². The highest BCUT2D eigenvalue weighted by Gasteiger charge is 2.22. The summed E-state index contributed by atoms with van der Waals surface area (Å²) in [6.45, 7) is 0. The molecule has 0 spiro atoms. The normalized spacial score (nSPS) is 11.6. The maximum Gasteiger partial charge on any atom is 0.328 e. The summed E-state index contributed by atoms with van der Waals surface area (Å²) < 4.78 is 31.1. The van der Waals surface area contributed by atoms with Crippen LogP contribution in [0.4, 0.5) is 8.78 Å². The van der Waals surface area contributed by atoms with Crippen molar-refractivity contribution in [1.82, 2.24) is 5.32 Å². The van der Waals surface area contributed by atoms with Crippen LogP contribution in [-0.2, 0) is 16.0 Å². The number of benzene rings is 2. The van der Waals surface area contributed by atoms with Crippen LogP contribution >= 0.6 is 0 Å². The molecule has 0 heterocycles. The second-order valence-electron chi connectivity index (χ2n) is 5.23. The first-order chi connectivity index (χ1) is 11.5. The second-order valence-corrected chi connectivity index (χ2v) is 5.23. The molecule has 0 fully saturated rings.